The van der Waals surface area contributed by atoms with E-state index in [0.29, 0.717) is 5.56 Å². The van der Waals surface area contributed by atoms with Gasteiger partial charge in [-0.1, -0.05) is 0 Å². The standard InChI is InChI=1S/C24H21N5O/c1-17-16-23(12-15-26-17)28-19-4-2-18(3-5-19)24(30)29-21-8-6-20(7-9-21)27-22-10-13-25-14-11-22/h2-16H,1H3,(H,25,27)(H,26,28)(H,29,30). The molecule has 2 heterocycles. The summed E-state index contributed by atoms with van der Waals surface area (Å²) in [6.07, 6.45) is 5.23. The van der Waals surface area contributed by atoms with Gasteiger partial charge < -0.3 is 16.0 Å². The van der Waals surface area contributed by atoms with Crippen LogP contribution in [0.5, 0.6) is 0 Å². The molecule has 0 radical (unpaired) electrons. The second-order valence-corrected chi connectivity index (χ2v) is 6.78. The smallest absolute Gasteiger partial charge is 0.255 e. The topological polar surface area (TPSA) is 78.9 Å². The first-order chi connectivity index (χ1) is 14.7. The molecule has 6 nitrogen and oxygen atoms in total. The van der Waals surface area contributed by atoms with Gasteiger partial charge in [-0.05, 0) is 79.7 Å². The lowest BCUT2D eigenvalue weighted by atomic mass is 10.1. The van der Waals surface area contributed by atoms with Crippen LogP contribution < -0.4 is 16.0 Å². The number of benzene rings is 2. The van der Waals surface area contributed by atoms with E-state index in [-0.39, 0.29) is 5.91 Å². The number of anilines is 5. The van der Waals surface area contributed by atoms with Crippen molar-refractivity contribution < 1.29 is 4.79 Å². The highest BCUT2D eigenvalue weighted by atomic mass is 16.1. The molecule has 6 heteroatoms. The van der Waals surface area contributed by atoms with Gasteiger partial charge >= 0.3 is 0 Å². The van der Waals surface area contributed by atoms with Crippen molar-refractivity contribution in [3.05, 3.63) is 103 Å². The van der Waals surface area contributed by atoms with Gasteiger partial charge in [0, 0.05) is 58.3 Å². The maximum Gasteiger partial charge on any atom is 0.255 e. The maximum atomic E-state index is 12.5. The van der Waals surface area contributed by atoms with E-state index in [0.717, 1.165) is 34.1 Å². The van der Waals surface area contributed by atoms with Crippen molar-refractivity contribution in [3.63, 3.8) is 0 Å². The Hall–Kier alpha value is -4.19. The normalized spacial score (nSPS) is 10.3. The zero-order valence-corrected chi connectivity index (χ0v) is 16.5. The number of carbonyl (C=O) groups is 1. The lowest BCUT2D eigenvalue weighted by Gasteiger charge is -2.10. The Morgan fingerprint density at radius 3 is 1.87 bits per heavy atom. The molecule has 0 aliphatic rings. The molecule has 1 amide bonds. The average Bonchev–Trinajstić information content (AvgIpc) is 2.76. The highest BCUT2D eigenvalue weighted by Crippen LogP contribution is 2.20. The molecule has 0 fully saturated rings. The summed E-state index contributed by atoms with van der Waals surface area (Å²) in [6.45, 7) is 1.94. The second-order valence-electron chi connectivity index (χ2n) is 6.78. The van der Waals surface area contributed by atoms with E-state index in [1.54, 1.807) is 30.7 Å². The van der Waals surface area contributed by atoms with E-state index in [2.05, 4.69) is 25.9 Å². The van der Waals surface area contributed by atoms with Crippen LogP contribution in [0.4, 0.5) is 28.4 Å². The van der Waals surface area contributed by atoms with Gasteiger partial charge in [0.05, 0.1) is 0 Å². The molecule has 0 saturated heterocycles. The highest BCUT2D eigenvalue weighted by Gasteiger charge is 2.06. The molecule has 0 bridgehead atoms. The fourth-order valence-electron chi connectivity index (χ4n) is 2.94. The Balaban J connectivity index is 1.36. The number of nitrogens with one attached hydrogen (secondary N) is 3. The average molecular weight is 395 g/mol. The fourth-order valence-corrected chi connectivity index (χ4v) is 2.94. The molecule has 30 heavy (non-hydrogen) atoms. The Kier molecular flexibility index (Phi) is 5.66. The molecule has 0 saturated carbocycles. The Bertz CT molecular complexity index is 1130. The summed E-state index contributed by atoms with van der Waals surface area (Å²) in [6, 6.07) is 22.6. The third-order valence-electron chi connectivity index (χ3n) is 4.44. The lowest BCUT2D eigenvalue weighted by molar-refractivity contribution is 0.102. The number of carbonyl (C=O) groups excluding carboxylic acids is 1. The molecule has 2 aromatic heterocycles. The second kappa shape index (κ2) is 8.87. The van der Waals surface area contributed by atoms with Crippen molar-refractivity contribution >= 4 is 34.3 Å². The van der Waals surface area contributed by atoms with Crippen molar-refractivity contribution in [2.45, 2.75) is 6.92 Å². The first-order valence-corrected chi connectivity index (χ1v) is 9.54. The van der Waals surface area contributed by atoms with Gasteiger partial charge in [0.15, 0.2) is 0 Å². The molecule has 2 aromatic carbocycles. The quantitative estimate of drug-likeness (QED) is 0.400. The minimum absolute atomic E-state index is 0.156. The van der Waals surface area contributed by atoms with Crippen molar-refractivity contribution in [2.24, 2.45) is 0 Å². The molecule has 0 atom stereocenters. The van der Waals surface area contributed by atoms with Gasteiger partial charge in [0.25, 0.3) is 5.91 Å². The summed E-state index contributed by atoms with van der Waals surface area (Å²) < 4.78 is 0. The van der Waals surface area contributed by atoms with Crippen LogP contribution in [0, 0.1) is 6.92 Å². The number of pyridine rings is 2. The summed E-state index contributed by atoms with van der Waals surface area (Å²) in [7, 11) is 0. The Labute approximate surface area is 175 Å². The third kappa shape index (κ3) is 4.99. The van der Waals surface area contributed by atoms with Crippen molar-refractivity contribution in [1.82, 2.24) is 9.97 Å². The largest absolute Gasteiger partial charge is 0.355 e. The maximum absolute atomic E-state index is 12.5. The predicted molar refractivity (Wildman–Crippen MR) is 121 cm³/mol. The number of hydrogen-bond acceptors (Lipinski definition) is 5. The van der Waals surface area contributed by atoms with Crippen LogP contribution >= 0.6 is 0 Å². The van der Waals surface area contributed by atoms with Crippen molar-refractivity contribution in [2.75, 3.05) is 16.0 Å². The van der Waals surface area contributed by atoms with Gasteiger partial charge in [-0.25, -0.2) is 0 Å². The van der Waals surface area contributed by atoms with Gasteiger partial charge in [-0.15, -0.1) is 0 Å². The fraction of sp³-hybridized carbons (Fsp3) is 0.0417. The van der Waals surface area contributed by atoms with Gasteiger partial charge in [-0.3, -0.25) is 14.8 Å². The minimum Gasteiger partial charge on any atom is -0.355 e. The number of aromatic nitrogens is 2. The van der Waals surface area contributed by atoms with Crippen LogP contribution in [-0.4, -0.2) is 15.9 Å². The molecule has 4 aromatic rings. The molecule has 4 rings (SSSR count). The molecule has 0 unspecified atom stereocenters. The lowest BCUT2D eigenvalue weighted by Crippen LogP contribution is -2.11. The van der Waals surface area contributed by atoms with E-state index in [4.69, 9.17) is 0 Å². The number of hydrogen-bond donors (Lipinski definition) is 3. The molecular weight excluding hydrogens is 374 g/mol. The van der Waals surface area contributed by atoms with E-state index in [1.807, 2.05) is 67.6 Å². The van der Waals surface area contributed by atoms with Crippen LogP contribution in [0.3, 0.4) is 0 Å². The van der Waals surface area contributed by atoms with E-state index in [1.165, 1.54) is 0 Å². The summed E-state index contributed by atoms with van der Waals surface area (Å²) in [5.41, 5.74) is 6.01. The Morgan fingerprint density at radius 2 is 1.20 bits per heavy atom. The first kappa shape index (κ1) is 19.1. The molecule has 0 aliphatic heterocycles. The minimum atomic E-state index is -0.156. The molecule has 0 aliphatic carbocycles. The number of nitrogens with zero attached hydrogens (tertiary/aromatic N) is 2. The molecular formula is C24H21N5O. The van der Waals surface area contributed by atoms with Gasteiger partial charge in [-0.2, -0.15) is 0 Å². The number of amides is 1. The van der Waals surface area contributed by atoms with Gasteiger partial charge in [0.1, 0.15) is 0 Å². The van der Waals surface area contributed by atoms with E-state index < -0.39 is 0 Å². The SMILES string of the molecule is Cc1cc(Nc2ccc(C(=O)Nc3ccc(Nc4ccncc4)cc3)cc2)ccn1. The summed E-state index contributed by atoms with van der Waals surface area (Å²) in [4.78, 5) is 20.7. The van der Waals surface area contributed by atoms with Crippen LogP contribution in [0.2, 0.25) is 0 Å². The van der Waals surface area contributed by atoms with Crippen molar-refractivity contribution in [1.29, 1.82) is 0 Å². The van der Waals surface area contributed by atoms with Crippen LogP contribution in [0.25, 0.3) is 0 Å². The summed E-state index contributed by atoms with van der Waals surface area (Å²) >= 11 is 0. The third-order valence-corrected chi connectivity index (χ3v) is 4.44. The van der Waals surface area contributed by atoms with Crippen LogP contribution in [0.1, 0.15) is 16.1 Å². The predicted octanol–water partition coefficient (Wildman–Crippen LogP) is 5.52. The van der Waals surface area contributed by atoms with E-state index >= 15 is 0 Å². The zero-order valence-electron chi connectivity index (χ0n) is 16.5. The van der Waals surface area contributed by atoms with Crippen LogP contribution in [-0.2, 0) is 0 Å². The number of rotatable bonds is 6. The summed E-state index contributed by atoms with van der Waals surface area (Å²) in [5.74, 6) is -0.156. The monoisotopic (exact) mass is 395 g/mol. The van der Waals surface area contributed by atoms with E-state index in [9.17, 15) is 4.79 Å². The first-order valence-electron chi connectivity index (χ1n) is 9.54. The Morgan fingerprint density at radius 1 is 0.667 bits per heavy atom. The van der Waals surface area contributed by atoms with Crippen molar-refractivity contribution in [3.8, 4) is 0 Å². The highest BCUT2D eigenvalue weighted by molar-refractivity contribution is 6.04. The zero-order chi connectivity index (χ0) is 20.8. The van der Waals surface area contributed by atoms with Crippen LogP contribution in [0.15, 0.2) is 91.4 Å². The summed E-state index contributed by atoms with van der Waals surface area (Å²) in [5, 5.41) is 9.51. The molecule has 148 valence electrons. The molecule has 0 spiro atoms. The molecule has 3 N–H and O–H groups in total. The van der Waals surface area contributed by atoms with Gasteiger partial charge in [0.2, 0.25) is 0 Å². The number of aryl methyl sites for hydroxylation is 1.